The van der Waals surface area contributed by atoms with Crippen molar-refractivity contribution in [2.75, 3.05) is 0 Å². The smallest absolute Gasteiger partial charge is 0.154 e. The predicted molar refractivity (Wildman–Crippen MR) is 108 cm³/mol. The van der Waals surface area contributed by atoms with Crippen LogP contribution in [0, 0.1) is 0 Å². The minimum absolute atomic E-state index is 0.112. The minimum Gasteiger partial charge on any atom is -0.390 e. The van der Waals surface area contributed by atoms with Crippen molar-refractivity contribution in [1.29, 1.82) is 0 Å². The summed E-state index contributed by atoms with van der Waals surface area (Å²) in [6.45, 7) is 1.99. The number of benzene rings is 1. The van der Waals surface area contributed by atoms with Gasteiger partial charge in [0.25, 0.3) is 0 Å². The van der Waals surface area contributed by atoms with Gasteiger partial charge in [-0.1, -0.05) is 31.5 Å². The predicted octanol–water partition coefficient (Wildman–Crippen LogP) is 3.17. The second-order valence-corrected chi connectivity index (χ2v) is 6.70. The second-order valence-electron chi connectivity index (χ2n) is 6.70. The van der Waals surface area contributed by atoms with E-state index in [4.69, 9.17) is 10.7 Å². The molecule has 7 heteroatoms. The van der Waals surface area contributed by atoms with Gasteiger partial charge in [0.15, 0.2) is 5.82 Å². The number of aromatic nitrogens is 5. The van der Waals surface area contributed by atoms with Crippen molar-refractivity contribution in [3.63, 3.8) is 0 Å². The van der Waals surface area contributed by atoms with Crippen LogP contribution >= 0.6 is 0 Å². The Hall–Kier alpha value is -3.16. The fourth-order valence-corrected chi connectivity index (χ4v) is 3.19. The molecule has 0 unspecified atom stereocenters. The highest BCUT2D eigenvalue weighted by Crippen LogP contribution is 2.25. The fraction of sp³-hybridized carbons (Fsp3) is 0.238. The van der Waals surface area contributed by atoms with Crippen LogP contribution in [0.2, 0.25) is 0 Å². The summed E-state index contributed by atoms with van der Waals surface area (Å²) < 4.78 is 1.76. The van der Waals surface area contributed by atoms with Crippen molar-refractivity contribution in [2.24, 2.45) is 5.73 Å². The van der Waals surface area contributed by atoms with E-state index in [-0.39, 0.29) is 12.6 Å². The van der Waals surface area contributed by atoms with E-state index in [0.29, 0.717) is 11.5 Å². The number of nitrogens with zero attached hydrogens (tertiary/aromatic N) is 5. The Balaban J connectivity index is 1.77. The molecule has 0 radical (unpaired) electrons. The Bertz CT molecular complexity index is 1110. The molecule has 3 aromatic heterocycles. The number of rotatable bonds is 6. The van der Waals surface area contributed by atoms with Gasteiger partial charge in [0, 0.05) is 17.0 Å². The maximum atomic E-state index is 9.36. The summed E-state index contributed by atoms with van der Waals surface area (Å²) in [5.74, 6) is 0.656. The van der Waals surface area contributed by atoms with Crippen molar-refractivity contribution < 1.29 is 5.11 Å². The van der Waals surface area contributed by atoms with Gasteiger partial charge in [-0.15, -0.1) is 0 Å². The highest BCUT2D eigenvalue weighted by atomic mass is 16.3. The summed E-state index contributed by atoms with van der Waals surface area (Å²) >= 11 is 0. The van der Waals surface area contributed by atoms with Gasteiger partial charge in [-0.05, 0) is 24.6 Å². The number of pyridine rings is 1. The number of aliphatic hydroxyl groups excluding tert-OH is 1. The van der Waals surface area contributed by atoms with Crippen molar-refractivity contribution in [3.8, 4) is 17.1 Å². The number of hydrogen-bond donors (Lipinski definition) is 2. The maximum Gasteiger partial charge on any atom is 0.154 e. The highest BCUT2D eigenvalue weighted by molar-refractivity contribution is 5.84. The standard InChI is InChI=1S/C21H22N6O/c1-2-4-17(22)19-12-23-11-18(26-19)14-7-8-15-10-24-27(20(15)9-14)21-6-3-5-16(13-28)25-21/h3,5-12,17,28H,2,4,13,22H2,1H3/t17-/m0/s1. The Morgan fingerprint density at radius 1 is 1.11 bits per heavy atom. The summed E-state index contributed by atoms with van der Waals surface area (Å²) in [5, 5.41) is 14.8. The van der Waals surface area contributed by atoms with Gasteiger partial charge in [-0.3, -0.25) is 4.98 Å². The Morgan fingerprint density at radius 3 is 2.82 bits per heavy atom. The van der Waals surface area contributed by atoms with Crippen LogP contribution in [0.25, 0.3) is 28.0 Å². The summed E-state index contributed by atoms with van der Waals surface area (Å²) in [5.41, 5.74) is 10.2. The van der Waals surface area contributed by atoms with E-state index in [1.807, 2.05) is 30.3 Å². The summed E-state index contributed by atoms with van der Waals surface area (Å²) in [6.07, 6.45) is 7.15. The van der Waals surface area contributed by atoms with E-state index in [1.165, 1.54) is 0 Å². The van der Waals surface area contributed by atoms with Crippen LogP contribution in [0.1, 0.15) is 37.2 Å². The van der Waals surface area contributed by atoms with Gasteiger partial charge in [-0.2, -0.15) is 5.10 Å². The molecule has 7 nitrogen and oxygen atoms in total. The second kappa shape index (κ2) is 7.84. The molecule has 0 aliphatic carbocycles. The molecule has 0 bridgehead atoms. The number of nitrogens with two attached hydrogens (primary N) is 1. The topological polar surface area (TPSA) is 103 Å². The van der Waals surface area contributed by atoms with E-state index in [1.54, 1.807) is 29.3 Å². The largest absolute Gasteiger partial charge is 0.390 e. The lowest BCUT2D eigenvalue weighted by Crippen LogP contribution is -2.12. The molecule has 1 atom stereocenters. The lowest BCUT2D eigenvalue weighted by atomic mass is 10.1. The highest BCUT2D eigenvalue weighted by Gasteiger charge is 2.12. The molecule has 0 saturated carbocycles. The van der Waals surface area contributed by atoms with Crippen molar-refractivity contribution in [2.45, 2.75) is 32.4 Å². The molecule has 28 heavy (non-hydrogen) atoms. The third kappa shape index (κ3) is 3.49. The number of aliphatic hydroxyl groups is 1. The molecule has 3 heterocycles. The van der Waals surface area contributed by atoms with Crippen molar-refractivity contribution >= 4 is 10.9 Å². The number of hydrogen-bond acceptors (Lipinski definition) is 6. The van der Waals surface area contributed by atoms with Gasteiger partial charge >= 0.3 is 0 Å². The zero-order valence-electron chi connectivity index (χ0n) is 15.7. The summed E-state index contributed by atoms with van der Waals surface area (Å²) in [6, 6.07) is 11.4. The van der Waals surface area contributed by atoms with Gasteiger partial charge in [-0.25, -0.2) is 14.6 Å². The van der Waals surface area contributed by atoms with Crippen molar-refractivity contribution in [1.82, 2.24) is 24.7 Å². The van der Waals surface area contributed by atoms with E-state index in [2.05, 4.69) is 22.0 Å². The zero-order chi connectivity index (χ0) is 19.5. The van der Waals surface area contributed by atoms with Crippen LogP contribution in [0.4, 0.5) is 0 Å². The Morgan fingerprint density at radius 2 is 2.00 bits per heavy atom. The summed E-state index contributed by atoms with van der Waals surface area (Å²) in [4.78, 5) is 13.5. The lowest BCUT2D eigenvalue weighted by Gasteiger charge is -2.11. The maximum absolute atomic E-state index is 9.36. The first-order valence-corrected chi connectivity index (χ1v) is 9.32. The molecule has 0 aliphatic heterocycles. The van der Waals surface area contributed by atoms with Gasteiger partial charge < -0.3 is 10.8 Å². The molecule has 0 saturated heterocycles. The third-order valence-electron chi connectivity index (χ3n) is 4.67. The monoisotopic (exact) mass is 374 g/mol. The van der Waals surface area contributed by atoms with E-state index < -0.39 is 0 Å². The van der Waals surface area contributed by atoms with Crippen LogP contribution in [0.3, 0.4) is 0 Å². The van der Waals surface area contributed by atoms with E-state index in [9.17, 15) is 5.11 Å². The molecule has 4 aromatic rings. The molecule has 0 fully saturated rings. The molecule has 4 rings (SSSR count). The molecular formula is C21H22N6O. The van der Waals surface area contributed by atoms with Crippen LogP contribution in [0.5, 0.6) is 0 Å². The van der Waals surface area contributed by atoms with Crippen LogP contribution in [0.15, 0.2) is 55.0 Å². The average molecular weight is 374 g/mol. The van der Waals surface area contributed by atoms with E-state index in [0.717, 1.165) is 40.7 Å². The Kier molecular flexibility index (Phi) is 5.10. The first-order valence-electron chi connectivity index (χ1n) is 9.32. The van der Waals surface area contributed by atoms with Crippen LogP contribution in [-0.4, -0.2) is 29.8 Å². The van der Waals surface area contributed by atoms with Gasteiger partial charge in [0.2, 0.25) is 0 Å². The normalized spacial score (nSPS) is 12.4. The fourth-order valence-electron chi connectivity index (χ4n) is 3.19. The SMILES string of the molecule is CCC[C@H](N)c1cncc(-c2ccc3cnn(-c4cccc(CO)n4)c3c2)n1. The molecule has 1 aromatic carbocycles. The summed E-state index contributed by atoms with van der Waals surface area (Å²) in [7, 11) is 0. The van der Waals surface area contributed by atoms with Crippen molar-refractivity contribution in [3.05, 3.63) is 66.4 Å². The van der Waals surface area contributed by atoms with Crippen LogP contribution in [-0.2, 0) is 6.61 Å². The molecule has 0 spiro atoms. The molecule has 0 amide bonds. The van der Waals surface area contributed by atoms with E-state index >= 15 is 0 Å². The first kappa shape index (κ1) is 18.2. The Labute approximate surface area is 162 Å². The molecule has 142 valence electrons. The molecular weight excluding hydrogens is 352 g/mol. The molecule has 3 N–H and O–H groups in total. The first-order chi connectivity index (χ1) is 13.7. The van der Waals surface area contributed by atoms with Gasteiger partial charge in [0.05, 0.1) is 47.8 Å². The van der Waals surface area contributed by atoms with Crippen LogP contribution < -0.4 is 5.73 Å². The lowest BCUT2D eigenvalue weighted by molar-refractivity contribution is 0.276. The minimum atomic E-state index is -0.114. The number of fused-ring (bicyclic) bond motifs is 1. The zero-order valence-corrected chi connectivity index (χ0v) is 15.7. The van der Waals surface area contributed by atoms with Gasteiger partial charge in [0.1, 0.15) is 0 Å². The third-order valence-corrected chi connectivity index (χ3v) is 4.67. The quantitative estimate of drug-likeness (QED) is 0.537. The molecule has 0 aliphatic rings. The average Bonchev–Trinajstić information content (AvgIpc) is 3.17.